The molecule has 0 aromatic carbocycles. The second-order valence-electron chi connectivity index (χ2n) is 7.48. The first-order valence-electron chi connectivity index (χ1n) is 8.08. The molecule has 0 atom stereocenters. The number of amides is 1. The van der Waals surface area contributed by atoms with Crippen molar-refractivity contribution in [2.24, 2.45) is 5.41 Å². The van der Waals surface area contributed by atoms with Crippen LogP contribution in [0.2, 0.25) is 0 Å². The largest absolute Gasteiger partial charge is 0.480 e. The molecule has 6 heteroatoms. The van der Waals surface area contributed by atoms with Gasteiger partial charge in [-0.05, 0) is 31.7 Å². The van der Waals surface area contributed by atoms with Crippen LogP contribution in [0.1, 0.15) is 40.0 Å². The Morgan fingerprint density at radius 1 is 1.27 bits per heavy atom. The lowest BCUT2D eigenvalue weighted by Gasteiger charge is -2.35. The van der Waals surface area contributed by atoms with E-state index in [2.05, 4.69) is 31.0 Å². The molecule has 1 saturated heterocycles. The molecule has 0 aliphatic carbocycles. The van der Waals surface area contributed by atoms with Gasteiger partial charge in [0.1, 0.15) is 0 Å². The second-order valence-corrected chi connectivity index (χ2v) is 7.48. The van der Waals surface area contributed by atoms with Crippen LogP contribution in [0, 0.1) is 5.41 Å². The minimum absolute atomic E-state index is 0.0813. The van der Waals surface area contributed by atoms with Gasteiger partial charge >= 0.3 is 5.97 Å². The average molecular weight is 313 g/mol. The Balaban J connectivity index is 2.22. The van der Waals surface area contributed by atoms with E-state index in [1.54, 1.807) is 0 Å². The Morgan fingerprint density at radius 2 is 1.86 bits per heavy atom. The van der Waals surface area contributed by atoms with Gasteiger partial charge < -0.3 is 10.4 Å². The fourth-order valence-corrected chi connectivity index (χ4v) is 2.70. The lowest BCUT2D eigenvalue weighted by Crippen LogP contribution is -2.47. The van der Waals surface area contributed by atoms with Gasteiger partial charge in [0.25, 0.3) is 0 Å². The van der Waals surface area contributed by atoms with Gasteiger partial charge in [0, 0.05) is 25.7 Å². The van der Waals surface area contributed by atoms with Crippen molar-refractivity contribution in [2.45, 2.75) is 46.1 Å². The Labute approximate surface area is 133 Å². The third-order valence-electron chi connectivity index (χ3n) is 4.13. The summed E-state index contributed by atoms with van der Waals surface area (Å²) in [5.74, 6) is -0.704. The molecule has 0 aromatic heterocycles. The number of nitrogens with one attached hydrogen (secondary N) is 1. The van der Waals surface area contributed by atoms with Gasteiger partial charge in [-0.1, -0.05) is 20.8 Å². The van der Waals surface area contributed by atoms with Crippen LogP contribution < -0.4 is 5.32 Å². The normalized spacial score (nSPS) is 17.7. The molecule has 1 fully saturated rings. The van der Waals surface area contributed by atoms with Gasteiger partial charge in [-0.2, -0.15) is 0 Å². The third-order valence-corrected chi connectivity index (χ3v) is 4.13. The summed E-state index contributed by atoms with van der Waals surface area (Å²) in [5.41, 5.74) is 0.236. The summed E-state index contributed by atoms with van der Waals surface area (Å²) in [6.07, 6.45) is 2.80. The predicted octanol–water partition coefficient (Wildman–Crippen LogP) is 1.02. The smallest absolute Gasteiger partial charge is 0.317 e. The minimum Gasteiger partial charge on any atom is -0.480 e. The van der Waals surface area contributed by atoms with Crippen molar-refractivity contribution in [1.82, 2.24) is 15.1 Å². The second kappa shape index (κ2) is 8.48. The van der Waals surface area contributed by atoms with Gasteiger partial charge in [0.05, 0.1) is 13.1 Å². The maximum atomic E-state index is 11.9. The Morgan fingerprint density at radius 3 is 2.36 bits per heavy atom. The molecule has 1 heterocycles. The molecule has 2 N–H and O–H groups in total. The molecule has 0 unspecified atom stereocenters. The van der Waals surface area contributed by atoms with E-state index in [1.807, 2.05) is 11.9 Å². The lowest BCUT2D eigenvalue weighted by atomic mass is 9.92. The number of nitrogens with zero attached hydrogens (tertiary/aromatic N) is 2. The van der Waals surface area contributed by atoms with Crippen LogP contribution in [0.4, 0.5) is 0 Å². The molecular formula is C16H31N3O3. The van der Waals surface area contributed by atoms with Crippen molar-refractivity contribution in [3.05, 3.63) is 0 Å². The maximum absolute atomic E-state index is 11.9. The van der Waals surface area contributed by atoms with Crippen LogP contribution in [-0.4, -0.2) is 72.6 Å². The molecule has 0 bridgehead atoms. The summed E-state index contributed by atoms with van der Waals surface area (Å²) in [5, 5.41) is 11.8. The number of piperidine rings is 1. The maximum Gasteiger partial charge on any atom is 0.317 e. The number of likely N-dealkylation sites (N-methyl/N-ethyl adjacent to an activating group) is 1. The molecule has 0 saturated carbocycles. The van der Waals surface area contributed by atoms with Crippen molar-refractivity contribution in [2.75, 3.05) is 39.8 Å². The van der Waals surface area contributed by atoms with E-state index < -0.39 is 5.97 Å². The van der Waals surface area contributed by atoms with Gasteiger partial charge in [0.15, 0.2) is 0 Å². The lowest BCUT2D eigenvalue weighted by molar-refractivity contribution is -0.138. The van der Waals surface area contributed by atoms with E-state index >= 15 is 0 Å². The summed E-state index contributed by atoms with van der Waals surface area (Å²) in [6.45, 7) is 9.44. The van der Waals surface area contributed by atoms with Crippen LogP contribution in [-0.2, 0) is 9.59 Å². The minimum atomic E-state index is -0.789. The molecular weight excluding hydrogens is 282 g/mol. The summed E-state index contributed by atoms with van der Waals surface area (Å²) < 4.78 is 0. The van der Waals surface area contributed by atoms with E-state index in [9.17, 15) is 9.59 Å². The number of hydrogen-bond donors (Lipinski definition) is 2. The number of rotatable bonds is 7. The van der Waals surface area contributed by atoms with Crippen molar-refractivity contribution < 1.29 is 14.7 Å². The molecule has 0 spiro atoms. The summed E-state index contributed by atoms with van der Waals surface area (Å²) >= 11 is 0. The van der Waals surface area contributed by atoms with Gasteiger partial charge in [-0.3, -0.25) is 19.4 Å². The molecule has 6 nitrogen and oxygen atoms in total. The number of carboxylic acids is 1. The first-order valence-corrected chi connectivity index (χ1v) is 8.08. The van der Waals surface area contributed by atoms with E-state index in [4.69, 9.17) is 5.11 Å². The van der Waals surface area contributed by atoms with Crippen LogP contribution in [0.5, 0.6) is 0 Å². The average Bonchev–Trinajstić information content (AvgIpc) is 2.37. The summed E-state index contributed by atoms with van der Waals surface area (Å²) in [6, 6.07) is 0.302. The van der Waals surface area contributed by atoms with Crippen molar-refractivity contribution in [3.63, 3.8) is 0 Å². The fourth-order valence-electron chi connectivity index (χ4n) is 2.70. The number of aliphatic carboxylic acids is 1. The number of likely N-dealkylation sites (tertiary alicyclic amines) is 1. The van der Waals surface area contributed by atoms with E-state index in [1.165, 1.54) is 0 Å². The third kappa shape index (κ3) is 7.75. The number of carbonyl (C=O) groups is 2. The molecule has 22 heavy (non-hydrogen) atoms. The Hall–Kier alpha value is -1.14. The van der Waals surface area contributed by atoms with Crippen LogP contribution in [0.3, 0.4) is 0 Å². The summed E-state index contributed by atoms with van der Waals surface area (Å²) in [4.78, 5) is 26.7. The van der Waals surface area contributed by atoms with Gasteiger partial charge in [-0.25, -0.2) is 0 Å². The van der Waals surface area contributed by atoms with Crippen LogP contribution in [0.15, 0.2) is 0 Å². The zero-order valence-electron chi connectivity index (χ0n) is 14.4. The van der Waals surface area contributed by atoms with E-state index in [-0.39, 0.29) is 17.9 Å². The highest BCUT2D eigenvalue weighted by atomic mass is 16.4. The van der Waals surface area contributed by atoms with Gasteiger partial charge in [0.2, 0.25) is 5.91 Å². The monoisotopic (exact) mass is 313 g/mol. The van der Waals surface area contributed by atoms with E-state index in [0.29, 0.717) is 12.6 Å². The van der Waals surface area contributed by atoms with Gasteiger partial charge in [-0.15, -0.1) is 0 Å². The molecule has 1 amide bonds. The molecule has 128 valence electrons. The van der Waals surface area contributed by atoms with Crippen molar-refractivity contribution in [3.8, 4) is 0 Å². The van der Waals surface area contributed by atoms with Crippen LogP contribution >= 0.6 is 0 Å². The highest BCUT2D eigenvalue weighted by Crippen LogP contribution is 2.17. The molecule has 1 aliphatic rings. The number of carbonyl (C=O) groups excluding carboxylic acids is 1. The Bertz CT molecular complexity index is 371. The van der Waals surface area contributed by atoms with Crippen LogP contribution in [0.25, 0.3) is 0 Å². The predicted molar refractivity (Wildman–Crippen MR) is 86.8 cm³/mol. The quantitative estimate of drug-likeness (QED) is 0.734. The number of hydrogen-bond acceptors (Lipinski definition) is 4. The highest BCUT2D eigenvalue weighted by Gasteiger charge is 2.24. The standard InChI is InChI=1S/C16H31N3O3/c1-16(2,3)7-8-17-14(20)11-19-9-5-13(6-10-19)18(4)12-15(21)22/h13H,5-12H2,1-4H3,(H,17,20)(H,21,22). The molecule has 0 aromatic rings. The fraction of sp³-hybridized carbons (Fsp3) is 0.875. The highest BCUT2D eigenvalue weighted by molar-refractivity contribution is 5.78. The van der Waals surface area contributed by atoms with Crippen molar-refractivity contribution >= 4 is 11.9 Å². The topological polar surface area (TPSA) is 72.9 Å². The zero-order chi connectivity index (χ0) is 16.8. The molecule has 1 rings (SSSR count). The summed E-state index contributed by atoms with van der Waals surface area (Å²) in [7, 11) is 1.85. The SMILES string of the molecule is CN(CC(=O)O)C1CCN(CC(=O)NCCC(C)(C)C)CC1. The zero-order valence-corrected chi connectivity index (χ0v) is 14.4. The first-order chi connectivity index (χ1) is 10.2. The van der Waals surface area contributed by atoms with Crippen molar-refractivity contribution in [1.29, 1.82) is 0 Å². The molecule has 1 aliphatic heterocycles. The first kappa shape index (κ1) is 18.9. The molecule has 0 radical (unpaired) electrons. The van der Waals surface area contributed by atoms with E-state index in [0.717, 1.165) is 38.9 Å². The number of carboxylic acid groups (broad SMARTS) is 1. The Kier molecular flexibility index (Phi) is 7.29.